The average Bonchev–Trinajstić information content (AvgIpc) is 3.14. The molecular formula is C21H20ClN3O2. The van der Waals surface area contributed by atoms with E-state index in [0.29, 0.717) is 23.0 Å². The Labute approximate surface area is 163 Å². The Bertz CT molecular complexity index is 983. The Morgan fingerprint density at radius 1 is 1.22 bits per heavy atom. The van der Waals surface area contributed by atoms with Gasteiger partial charge in [-0.25, -0.2) is 4.68 Å². The van der Waals surface area contributed by atoms with Gasteiger partial charge in [0.1, 0.15) is 5.75 Å². The number of aryl methyl sites for hydroxylation is 2. The minimum absolute atomic E-state index is 0.0821. The highest BCUT2D eigenvalue weighted by molar-refractivity contribution is 6.30. The zero-order valence-electron chi connectivity index (χ0n) is 15.1. The first-order valence-corrected chi connectivity index (χ1v) is 9.31. The van der Waals surface area contributed by atoms with Gasteiger partial charge in [0.05, 0.1) is 0 Å². The molecule has 2 heterocycles. The predicted octanol–water partition coefficient (Wildman–Crippen LogP) is 4.47. The number of hydrogen-bond donors (Lipinski definition) is 0. The van der Waals surface area contributed by atoms with Crippen molar-refractivity contribution < 1.29 is 9.53 Å². The summed E-state index contributed by atoms with van der Waals surface area (Å²) in [5.41, 5.74) is 3.84. The van der Waals surface area contributed by atoms with Crippen LogP contribution in [-0.4, -0.2) is 22.2 Å². The first-order valence-electron chi connectivity index (χ1n) is 8.93. The van der Waals surface area contributed by atoms with Gasteiger partial charge in [0.15, 0.2) is 12.4 Å². The van der Waals surface area contributed by atoms with Crippen LogP contribution in [0.15, 0.2) is 54.7 Å². The first-order chi connectivity index (χ1) is 13.1. The van der Waals surface area contributed by atoms with Crippen LogP contribution in [0.2, 0.25) is 5.02 Å². The topological polar surface area (TPSA) is 47.4 Å². The van der Waals surface area contributed by atoms with Crippen molar-refractivity contribution in [2.45, 2.75) is 26.5 Å². The highest BCUT2D eigenvalue weighted by atomic mass is 35.5. The highest BCUT2D eigenvalue weighted by Gasteiger charge is 2.25. The quantitative estimate of drug-likeness (QED) is 0.669. The number of anilines is 1. The smallest absolute Gasteiger partial charge is 0.278 e. The lowest BCUT2D eigenvalue weighted by Gasteiger charge is -2.29. The number of fused-ring (bicyclic) bond motifs is 1. The van der Waals surface area contributed by atoms with Gasteiger partial charge in [-0.2, -0.15) is 5.10 Å². The van der Waals surface area contributed by atoms with E-state index in [2.05, 4.69) is 18.1 Å². The van der Waals surface area contributed by atoms with Crippen LogP contribution in [0.25, 0.3) is 0 Å². The number of halogens is 1. The van der Waals surface area contributed by atoms with Gasteiger partial charge in [0.25, 0.3) is 5.91 Å². The number of carbonyl (C=O) groups is 1. The molecule has 1 aliphatic heterocycles. The van der Waals surface area contributed by atoms with Gasteiger partial charge < -0.3 is 9.64 Å². The minimum atomic E-state index is -0.0821. The third-order valence-corrected chi connectivity index (χ3v) is 4.85. The maximum atomic E-state index is 13.0. The second kappa shape index (κ2) is 7.45. The summed E-state index contributed by atoms with van der Waals surface area (Å²) in [7, 11) is 0. The lowest BCUT2D eigenvalue weighted by molar-refractivity contribution is 0.0978. The lowest BCUT2D eigenvalue weighted by Crippen LogP contribution is -2.35. The van der Waals surface area contributed by atoms with Crippen LogP contribution >= 0.6 is 11.6 Å². The third kappa shape index (κ3) is 3.83. The number of ether oxygens (including phenoxy) is 1. The Morgan fingerprint density at radius 2 is 2.11 bits per heavy atom. The fraction of sp³-hybridized carbons (Fsp3) is 0.238. The molecule has 6 heteroatoms. The Balaban J connectivity index is 1.48. The minimum Gasteiger partial charge on any atom is -0.471 e. The molecule has 1 aromatic heterocycles. The first kappa shape index (κ1) is 17.6. The van der Waals surface area contributed by atoms with E-state index >= 15 is 0 Å². The number of benzene rings is 2. The van der Waals surface area contributed by atoms with Gasteiger partial charge in [-0.3, -0.25) is 4.79 Å². The molecular weight excluding hydrogens is 362 g/mol. The van der Waals surface area contributed by atoms with Crippen LogP contribution in [0.4, 0.5) is 5.69 Å². The van der Waals surface area contributed by atoms with Gasteiger partial charge in [-0.05, 0) is 55.7 Å². The van der Waals surface area contributed by atoms with Gasteiger partial charge in [0.2, 0.25) is 0 Å². The van der Waals surface area contributed by atoms with E-state index in [4.69, 9.17) is 16.3 Å². The summed E-state index contributed by atoms with van der Waals surface area (Å²) in [5.74, 6) is 0.576. The van der Waals surface area contributed by atoms with Crippen molar-refractivity contribution in [3.05, 3.63) is 76.6 Å². The SMILES string of the molecule is Cc1ccc2c(c1)CCCN2C(=O)c1ccn(COc2cccc(Cl)c2)n1. The van der Waals surface area contributed by atoms with Gasteiger partial charge in [0, 0.05) is 23.5 Å². The molecule has 1 amide bonds. The van der Waals surface area contributed by atoms with Crippen LogP contribution in [0, 0.1) is 6.92 Å². The fourth-order valence-electron chi connectivity index (χ4n) is 3.32. The van der Waals surface area contributed by atoms with Crippen molar-refractivity contribution in [3.63, 3.8) is 0 Å². The molecule has 0 saturated heterocycles. The normalized spacial score (nSPS) is 13.3. The Morgan fingerprint density at radius 3 is 2.96 bits per heavy atom. The Kier molecular flexibility index (Phi) is 4.86. The van der Waals surface area contributed by atoms with Crippen molar-refractivity contribution >= 4 is 23.2 Å². The summed E-state index contributed by atoms with van der Waals surface area (Å²) in [4.78, 5) is 14.8. The van der Waals surface area contributed by atoms with E-state index in [9.17, 15) is 4.79 Å². The van der Waals surface area contributed by atoms with Gasteiger partial charge in [-0.1, -0.05) is 35.4 Å². The van der Waals surface area contributed by atoms with E-state index in [-0.39, 0.29) is 12.6 Å². The van der Waals surface area contributed by atoms with E-state index in [1.54, 1.807) is 29.1 Å². The van der Waals surface area contributed by atoms with Crippen molar-refractivity contribution in [2.75, 3.05) is 11.4 Å². The second-order valence-corrected chi connectivity index (χ2v) is 7.10. The van der Waals surface area contributed by atoms with Gasteiger partial charge >= 0.3 is 0 Å². The molecule has 0 spiro atoms. The number of rotatable bonds is 4. The highest BCUT2D eigenvalue weighted by Crippen LogP contribution is 2.29. The zero-order valence-corrected chi connectivity index (χ0v) is 15.8. The molecule has 0 atom stereocenters. The molecule has 4 rings (SSSR count). The van der Waals surface area contributed by atoms with E-state index < -0.39 is 0 Å². The molecule has 27 heavy (non-hydrogen) atoms. The van der Waals surface area contributed by atoms with Crippen molar-refractivity contribution in [1.82, 2.24) is 9.78 Å². The standard InChI is InChI=1S/C21H20ClN3O2/c1-15-7-8-20-16(12-15)4-3-10-25(20)21(26)19-9-11-24(23-19)14-27-18-6-2-5-17(22)13-18/h2,5-9,11-13H,3-4,10,14H2,1H3. The summed E-state index contributed by atoms with van der Waals surface area (Å²) in [6, 6.07) is 15.1. The zero-order chi connectivity index (χ0) is 18.8. The largest absolute Gasteiger partial charge is 0.471 e. The summed E-state index contributed by atoms with van der Waals surface area (Å²) < 4.78 is 7.28. The molecule has 0 bridgehead atoms. The number of amides is 1. The van der Waals surface area contributed by atoms with Crippen LogP contribution in [0.3, 0.4) is 0 Å². The third-order valence-electron chi connectivity index (χ3n) is 4.62. The molecule has 0 aliphatic carbocycles. The molecule has 3 aromatic rings. The van der Waals surface area contributed by atoms with Gasteiger partial charge in [-0.15, -0.1) is 0 Å². The molecule has 0 unspecified atom stereocenters. The second-order valence-electron chi connectivity index (χ2n) is 6.66. The molecule has 2 aromatic carbocycles. The number of carbonyl (C=O) groups excluding carboxylic acids is 1. The van der Waals surface area contributed by atoms with Crippen LogP contribution in [-0.2, 0) is 13.2 Å². The molecule has 0 fully saturated rings. The maximum absolute atomic E-state index is 13.0. The Hall–Kier alpha value is -2.79. The van der Waals surface area contributed by atoms with E-state index in [1.807, 2.05) is 29.2 Å². The molecule has 5 nitrogen and oxygen atoms in total. The molecule has 0 N–H and O–H groups in total. The number of hydrogen-bond acceptors (Lipinski definition) is 3. The van der Waals surface area contributed by atoms with Crippen LogP contribution in [0.1, 0.15) is 28.0 Å². The number of aromatic nitrogens is 2. The number of nitrogens with zero attached hydrogens (tertiary/aromatic N) is 3. The maximum Gasteiger partial charge on any atom is 0.278 e. The van der Waals surface area contributed by atoms with E-state index in [1.165, 1.54) is 11.1 Å². The van der Waals surface area contributed by atoms with Crippen molar-refractivity contribution in [1.29, 1.82) is 0 Å². The van der Waals surface area contributed by atoms with E-state index in [0.717, 1.165) is 18.5 Å². The fourth-order valence-corrected chi connectivity index (χ4v) is 3.50. The van der Waals surface area contributed by atoms with Crippen molar-refractivity contribution in [3.8, 4) is 5.75 Å². The molecule has 138 valence electrons. The summed E-state index contributed by atoms with van der Waals surface area (Å²) in [6.45, 7) is 2.99. The predicted molar refractivity (Wildman–Crippen MR) is 105 cm³/mol. The summed E-state index contributed by atoms with van der Waals surface area (Å²) in [5, 5.41) is 4.99. The van der Waals surface area contributed by atoms with Crippen molar-refractivity contribution in [2.24, 2.45) is 0 Å². The summed E-state index contributed by atoms with van der Waals surface area (Å²) >= 11 is 5.96. The molecule has 1 aliphatic rings. The van der Waals surface area contributed by atoms with Crippen LogP contribution < -0.4 is 9.64 Å². The average molecular weight is 382 g/mol. The monoisotopic (exact) mass is 381 g/mol. The van der Waals surface area contributed by atoms with Crippen LogP contribution in [0.5, 0.6) is 5.75 Å². The molecule has 0 radical (unpaired) electrons. The molecule has 0 saturated carbocycles. The summed E-state index contributed by atoms with van der Waals surface area (Å²) in [6.07, 6.45) is 3.71. The lowest BCUT2D eigenvalue weighted by atomic mass is 9.99.